The molecule has 0 bridgehead atoms. The molecular weight excluding hydrogens is 252 g/mol. The van der Waals surface area contributed by atoms with E-state index in [-0.39, 0.29) is 6.04 Å². The molecule has 1 N–H and O–H groups in total. The zero-order valence-electron chi connectivity index (χ0n) is 10.6. The maximum Gasteiger partial charge on any atom is 0.163 e. The lowest BCUT2D eigenvalue weighted by molar-refractivity contribution is 0.487. The molecule has 1 unspecified atom stereocenters. The molecule has 0 aliphatic heterocycles. The molecule has 96 valence electrons. The van der Waals surface area contributed by atoms with Crippen LogP contribution in [0.1, 0.15) is 26.9 Å². The highest BCUT2D eigenvalue weighted by Gasteiger charge is 2.21. The number of nitrogens with one attached hydrogen (secondary N) is 1. The summed E-state index contributed by atoms with van der Waals surface area (Å²) in [6, 6.07) is 5.99. The molecule has 0 spiro atoms. The second-order valence-electron chi connectivity index (χ2n) is 4.23. The van der Waals surface area contributed by atoms with Crippen molar-refractivity contribution >= 4 is 11.3 Å². The van der Waals surface area contributed by atoms with Gasteiger partial charge in [-0.25, -0.2) is 8.78 Å². The Morgan fingerprint density at radius 2 is 1.89 bits per heavy atom. The lowest BCUT2D eigenvalue weighted by atomic mass is 9.98. The highest BCUT2D eigenvalue weighted by Crippen LogP contribution is 2.32. The summed E-state index contributed by atoms with van der Waals surface area (Å²) in [7, 11) is 1.75. The van der Waals surface area contributed by atoms with E-state index in [4.69, 9.17) is 0 Å². The Morgan fingerprint density at radius 1 is 1.17 bits per heavy atom. The minimum Gasteiger partial charge on any atom is -0.309 e. The van der Waals surface area contributed by atoms with Gasteiger partial charge in [-0.3, -0.25) is 0 Å². The molecule has 1 nitrogen and oxygen atoms in total. The normalized spacial score (nSPS) is 12.7. The number of rotatable bonds is 3. The largest absolute Gasteiger partial charge is 0.309 e. The summed E-state index contributed by atoms with van der Waals surface area (Å²) < 4.78 is 27.1. The number of benzene rings is 1. The lowest BCUT2D eigenvalue weighted by Crippen LogP contribution is -2.19. The van der Waals surface area contributed by atoms with Gasteiger partial charge in [0.25, 0.3) is 0 Å². The molecule has 0 saturated heterocycles. The van der Waals surface area contributed by atoms with E-state index >= 15 is 0 Å². The lowest BCUT2D eigenvalue weighted by Gasteiger charge is -2.17. The molecule has 4 heteroatoms. The van der Waals surface area contributed by atoms with Crippen molar-refractivity contribution in [3.8, 4) is 0 Å². The van der Waals surface area contributed by atoms with Gasteiger partial charge in [0.1, 0.15) is 0 Å². The molecule has 0 radical (unpaired) electrons. The van der Waals surface area contributed by atoms with Crippen LogP contribution in [0.3, 0.4) is 0 Å². The minimum atomic E-state index is -0.808. The Bertz CT molecular complexity index is 563. The maximum atomic E-state index is 13.9. The predicted octanol–water partition coefficient (Wildman–Crippen LogP) is 3.95. The van der Waals surface area contributed by atoms with Gasteiger partial charge in [-0.1, -0.05) is 12.1 Å². The Kier molecular flexibility index (Phi) is 3.78. The zero-order chi connectivity index (χ0) is 13.3. The van der Waals surface area contributed by atoms with Crippen LogP contribution in [0.5, 0.6) is 0 Å². The quantitative estimate of drug-likeness (QED) is 0.887. The molecule has 0 aliphatic carbocycles. The summed E-state index contributed by atoms with van der Waals surface area (Å²) >= 11 is 1.66. The van der Waals surface area contributed by atoms with Crippen molar-refractivity contribution in [3.63, 3.8) is 0 Å². The molecule has 0 saturated carbocycles. The first-order valence-corrected chi connectivity index (χ1v) is 6.54. The van der Waals surface area contributed by atoms with E-state index in [9.17, 15) is 8.78 Å². The molecule has 1 aromatic heterocycles. The van der Waals surface area contributed by atoms with Crippen molar-refractivity contribution in [2.75, 3.05) is 7.05 Å². The monoisotopic (exact) mass is 267 g/mol. The van der Waals surface area contributed by atoms with Gasteiger partial charge in [-0.2, -0.15) is 0 Å². The Morgan fingerprint density at radius 3 is 2.44 bits per heavy atom. The fraction of sp³-hybridized carbons (Fsp3) is 0.286. The Balaban J connectivity index is 2.52. The molecule has 1 aromatic carbocycles. The maximum absolute atomic E-state index is 13.9. The topological polar surface area (TPSA) is 12.0 Å². The first kappa shape index (κ1) is 13.2. The van der Waals surface area contributed by atoms with Gasteiger partial charge in [0.05, 0.1) is 6.04 Å². The van der Waals surface area contributed by atoms with Gasteiger partial charge >= 0.3 is 0 Å². The van der Waals surface area contributed by atoms with E-state index in [0.29, 0.717) is 5.56 Å². The fourth-order valence-electron chi connectivity index (χ4n) is 2.16. The van der Waals surface area contributed by atoms with E-state index in [1.807, 2.05) is 19.9 Å². The third-order valence-electron chi connectivity index (χ3n) is 2.97. The van der Waals surface area contributed by atoms with E-state index in [1.165, 1.54) is 10.9 Å². The summed E-state index contributed by atoms with van der Waals surface area (Å²) in [6.45, 7) is 4.00. The Labute approximate surface area is 109 Å². The van der Waals surface area contributed by atoms with Crippen LogP contribution in [0.2, 0.25) is 0 Å². The summed E-state index contributed by atoms with van der Waals surface area (Å²) in [4.78, 5) is 2.29. The summed E-state index contributed by atoms with van der Waals surface area (Å²) in [5.74, 6) is -1.59. The smallest absolute Gasteiger partial charge is 0.163 e. The molecule has 0 fully saturated rings. The SMILES string of the molecule is CNC(c1cc(C)sc1C)c1cccc(F)c1F. The van der Waals surface area contributed by atoms with Crippen LogP contribution in [0.15, 0.2) is 24.3 Å². The van der Waals surface area contributed by atoms with Gasteiger partial charge in [-0.05, 0) is 38.6 Å². The first-order valence-electron chi connectivity index (χ1n) is 5.72. The molecular formula is C14H15F2NS. The van der Waals surface area contributed by atoms with Crippen LogP contribution in [0, 0.1) is 25.5 Å². The molecule has 0 aliphatic rings. The van der Waals surface area contributed by atoms with Crippen LogP contribution in [-0.2, 0) is 0 Å². The molecule has 2 aromatic rings. The van der Waals surface area contributed by atoms with Crippen LogP contribution in [0.25, 0.3) is 0 Å². The number of hydrogen-bond acceptors (Lipinski definition) is 2. The van der Waals surface area contributed by atoms with Crippen molar-refractivity contribution in [2.24, 2.45) is 0 Å². The summed E-state index contributed by atoms with van der Waals surface area (Å²) in [5, 5.41) is 3.06. The highest BCUT2D eigenvalue weighted by molar-refractivity contribution is 7.12. The van der Waals surface area contributed by atoms with Crippen molar-refractivity contribution in [1.29, 1.82) is 0 Å². The second kappa shape index (κ2) is 5.16. The van der Waals surface area contributed by atoms with Gasteiger partial charge in [-0.15, -0.1) is 11.3 Å². The van der Waals surface area contributed by atoms with Crippen LogP contribution >= 0.6 is 11.3 Å². The van der Waals surface area contributed by atoms with Crippen LogP contribution < -0.4 is 5.32 Å². The van der Waals surface area contributed by atoms with E-state index < -0.39 is 11.6 Å². The van der Waals surface area contributed by atoms with E-state index in [0.717, 1.165) is 16.5 Å². The number of thiophene rings is 1. The highest BCUT2D eigenvalue weighted by atomic mass is 32.1. The molecule has 1 atom stereocenters. The standard InChI is InChI=1S/C14H15F2NS/c1-8-7-11(9(2)18-8)14(17-3)10-5-4-6-12(15)13(10)16/h4-7,14,17H,1-3H3. The van der Waals surface area contributed by atoms with Gasteiger partial charge in [0.2, 0.25) is 0 Å². The van der Waals surface area contributed by atoms with Crippen molar-refractivity contribution in [2.45, 2.75) is 19.9 Å². The van der Waals surface area contributed by atoms with E-state index in [1.54, 1.807) is 24.5 Å². The second-order valence-corrected chi connectivity index (χ2v) is 5.69. The van der Waals surface area contributed by atoms with Crippen LogP contribution in [0.4, 0.5) is 8.78 Å². The third kappa shape index (κ3) is 2.31. The third-order valence-corrected chi connectivity index (χ3v) is 3.95. The Hall–Kier alpha value is -1.26. The predicted molar refractivity (Wildman–Crippen MR) is 71.1 cm³/mol. The van der Waals surface area contributed by atoms with Crippen LogP contribution in [-0.4, -0.2) is 7.05 Å². The number of halogens is 2. The number of hydrogen-bond donors (Lipinski definition) is 1. The zero-order valence-corrected chi connectivity index (χ0v) is 11.4. The average molecular weight is 267 g/mol. The average Bonchev–Trinajstić information content (AvgIpc) is 2.65. The van der Waals surface area contributed by atoms with Crippen molar-refractivity contribution < 1.29 is 8.78 Å². The first-order chi connectivity index (χ1) is 8.54. The minimum absolute atomic E-state index is 0.314. The van der Waals surface area contributed by atoms with Crippen molar-refractivity contribution in [3.05, 3.63) is 56.8 Å². The van der Waals surface area contributed by atoms with Crippen molar-refractivity contribution in [1.82, 2.24) is 5.32 Å². The van der Waals surface area contributed by atoms with Gasteiger partial charge < -0.3 is 5.32 Å². The molecule has 18 heavy (non-hydrogen) atoms. The summed E-state index contributed by atoms with van der Waals surface area (Å²) in [5.41, 5.74) is 1.35. The molecule has 0 amide bonds. The fourth-order valence-corrected chi connectivity index (χ4v) is 3.12. The summed E-state index contributed by atoms with van der Waals surface area (Å²) in [6.07, 6.45) is 0. The van der Waals surface area contributed by atoms with Gasteiger partial charge in [0, 0.05) is 15.3 Å². The number of aryl methyl sites for hydroxylation is 2. The molecule has 2 rings (SSSR count). The van der Waals surface area contributed by atoms with E-state index in [2.05, 4.69) is 5.32 Å². The van der Waals surface area contributed by atoms with Gasteiger partial charge in [0.15, 0.2) is 11.6 Å². The molecule has 1 heterocycles.